The summed E-state index contributed by atoms with van der Waals surface area (Å²) in [6.07, 6.45) is 0.101. The second kappa shape index (κ2) is 8.97. The topological polar surface area (TPSA) is 21.7 Å². The van der Waals surface area contributed by atoms with Crippen LogP contribution in [-0.2, 0) is 13.2 Å². The largest absolute Gasteiger partial charge is 0.485 e. The molecule has 0 aromatic heterocycles. The van der Waals surface area contributed by atoms with E-state index in [1.54, 1.807) is 6.07 Å². The molecule has 0 spiro atoms. The van der Waals surface area contributed by atoms with Crippen LogP contribution in [0.2, 0.25) is 0 Å². The van der Waals surface area contributed by atoms with E-state index in [1.165, 1.54) is 17.7 Å². The van der Waals surface area contributed by atoms with Crippen LogP contribution >= 0.6 is 15.9 Å². The molecule has 4 rings (SSSR count). The number of halogens is 2. The van der Waals surface area contributed by atoms with Gasteiger partial charge in [-0.2, -0.15) is 0 Å². The molecule has 1 heterocycles. The average molecular weight is 456 g/mol. The van der Waals surface area contributed by atoms with Crippen LogP contribution < -0.4 is 9.47 Å². The minimum Gasteiger partial charge on any atom is -0.485 e. The molecule has 0 bridgehead atoms. The molecule has 1 aliphatic rings. The highest BCUT2D eigenvalue weighted by Crippen LogP contribution is 2.35. The SMILES string of the molecule is C[C@H]1[C@H](Oc2cc(Br)ccc2OCc2cccc(F)c2)CN1Cc1ccccc1. The van der Waals surface area contributed by atoms with Gasteiger partial charge in [-0.05, 0) is 48.4 Å². The molecule has 29 heavy (non-hydrogen) atoms. The van der Waals surface area contributed by atoms with Gasteiger partial charge in [0.1, 0.15) is 18.5 Å². The fourth-order valence-corrected chi connectivity index (χ4v) is 3.79. The van der Waals surface area contributed by atoms with Gasteiger partial charge in [-0.3, -0.25) is 4.90 Å². The van der Waals surface area contributed by atoms with Crippen molar-refractivity contribution < 1.29 is 13.9 Å². The number of benzene rings is 3. The molecule has 0 radical (unpaired) electrons. The molecule has 3 aromatic rings. The van der Waals surface area contributed by atoms with Gasteiger partial charge < -0.3 is 9.47 Å². The number of likely N-dealkylation sites (tertiary alicyclic amines) is 1. The molecule has 5 heteroatoms. The molecule has 0 aliphatic carbocycles. The van der Waals surface area contributed by atoms with Crippen LogP contribution in [0.15, 0.2) is 77.3 Å². The normalized spacial score (nSPS) is 18.9. The zero-order chi connectivity index (χ0) is 20.2. The molecule has 0 amide bonds. The fourth-order valence-electron chi connectivity index (χ4n) is 3.45. The van der Waals surface area contributed by atoms with Crippen molar-refractivity contribution >= 4 is 15.9 Å². The second-order valence-corrected chi connectivity index (χ2v) is 8.24. The fraction of sp³-hybridized carbons (Fsp3) is 0.250. The second-order valence-electron chi connectivity index (χ2n) is 7.32. The van der Waals surface area contributed by atoms with Crippen molar-refractivity contribution in [3.8, 4) is 11.5 Å². The highest BCUT2D eigenvalue weighted by atomic mass is 79.9. The van der Waals surface area contributed by atoms with Gasteiger partial charge >= 0.3 is 0 Å². The van der Waals surface area contributed by atoms with Gasteiger partial charge in [-0.15, -0.1) is 0 Å². The maximum absolute atomic E-state index is 13.4. The predicted molar refractivity (Wildman–Crippen MR) is 116 cm³/mol. The Morgan fingerprint density at radius 3 is 2.52 bits per heavy atom. The highest BCUT2D eigenvalue weighted by molar-refractivity contribution is 9.10. The molecule has 150 valence electrons. The lowest BCUT2D eigenvalue weighted by atomic mass is 9.99. The maximum atomic E-state index is 13.4. The Morgan fingerprint density at radius 1 is 0.966 bits per heavy atom. The summed E-state index contributed by atoms with van der Waals surface area (Å²) in [5.41, 5.74) is 2.09. The first-order chi connectivity index (χ1) is 14.1. The third kappa shape index (κ3) is 4.98. The number of hydrogen-bond donors (Lipinski definition) is 0. The summed E-state index contributed by atoms with van der Waals surface area (Å²) in [4.78, 5) is 2.39. The monoisotopic (exact) mass is 455 g/mol. The van der Waals surface area contributed by atoms with Crippen LogP contribution in [0.25, 0.3) is 0 Å². The molecule has 3 aromatic carbocycles. The third-order valence-electron chi connectivity index (χ3n) is 5.22. The zero-order valence-electron chi connectivity index (χ0n) is 16.2. The Hall–Kier alpha value is -2.37. The van der Waals surface area contributed by atoms with Gasteiger partial charge in [0.2, 0.25) is 0 Å². The van der Waals surface area contributed by atoms with E-state index in [9.17, 15) is 4.39 Å². The van der Waals surface area contributed by atoms with Crippen LogP contribution in [-0.4, -0.2) is 23.6 Å². The van der Waals surface area contributed by atoms with Crippen LogP contribution in [0.5, 0.6) is 11.5 Å². The average Bonchev–Trinajstić information content (AvgIpc) is 2.73. The summed E-state index contributed by atoms with van der Waals surface area (Å²) in [6.45, 7) is 4.26. The summed E-state index contributed by atoms with van der Waals surface area (Å²) >= 11 is 3.51. The van der Waals surface area contributed by atoms with Gasteiger partial charge in [0, 0.05) is 23.6 Å². The summed E-state index contributed by atoms with van der Waals surface area (Å²) in [5, 5.41) is 0. The number of ether oxygens (including phenoxy) is 2. The summed E-state index contributed by atoms with van der Waals surface area (Å²) in [6, 6.07) is 22.9. The Labute approximate surface area is 179 Å². The lowest BCUT2D eigenvalue weighted by Crippen LogP contribution is -2.60. The Bertz CT molecular complexity index is 966. The molecule has 0 unspecified atom stereocenters. The Morgan fingerprint density at radius 2 is 1.76 bits per heavy atom. The van der Waals surface area contributed by atoms with E-state index in [0.29, 0.717) is 17.5 Å². The van der Waals surface area contributed by atoms with Gasteiger partial charge in [-0.1, -0.05) is 58.4 Å². The van der Waals surface area contributed by atoms with Crippen molar-refractivity contribution in [2.45, 2.75) is 32.2 Å². The molecule has 0 N–H and O–H groups in total. The number of nitrogens with zero attached hydrogens (tertiary/aromatic N) is 1. The smallest absolute Gasteiger partial charge is 0.162 e. The molecule has 0 saturated carbocycles. The molecular formula is C24H23BrFNO2. The number of hydrogen-bond acceptors (Lipinski definition) is 3. The summed E-state index contributed by atoms with van der Waals surface area (Å²) < 4.78 is 26.5. The van der Waals surface area contributed by atoms with E-state index in [4.69, 9.17) is 9.47 Å². The van der Waals surface area contributed by atoms with Gasteiger partial charge in [0.15, 0.2) is 11.5 Å². The lowest BCUT2D eigenvalue weighted by molar-refractivity contribution is -0.0425. The molecular weight excluding hydrogens is 433 g/mol. The standard InChI is InChI=1S/C24H23BrFNO2/c1-17-24(15-27(17)14-18-6-3-2-4-7-18)29-23-13-20(25)10-11-22(23)28-16-19-8-5-9-21(26)12-19/h2-13,17,24H,14-16H2,1H3/t17-,24+/m0/s1. The first-order valence-electron chi connectivity index (χ1n) is 9.70. The number of rotatable bonds is 7. The molecule has 1 aliphatic heterocycles. The quantitative estimate of drug-likeness (QED) is 0.447. The van der Waals surface area contributed by atoms with E-state index in [1.807, 2.05) is 30.3 Å². The van der Waals surface area contributed by atoms with Crippen molar-refractivity contribution in [1.29, 1.82) is 0 Å². The van der Waals surface area contributed by atoms with Crippen molar-refractivity contribution in [2.75, 3.05) is 6.54 Å². The van der Waals surface area contributed by atoms with Crippen LogP contribution in [0.1, 0.15) is 18.1 Å². The van der Waals surface area contributed by atoms with Crippen molar-refractivity contribution in [3.05, 3.63) is 94.2 Å². The van der Waals surface area contributed by atoms with E-state index in [0.717, 1.165) is 23.1 Å². The minimum absolute atomic E-state index is 0.101. The van der Waals surface area contributed by atoms with Crippen molar-refractivity contribution in [1.82, 2.24) is 4.90 Å². The van der Waals surface area contributed by atoms with Crippen LogP contribution in [0, 0.1) is 5.82 Å². The van der Waals surface area contributed by atoms with Gasteiger partial charge in [0.05, 0.1) is 0 Å². The van der Waals surface area contributed by atoms with E-state index in [2.05, 4.69) is 52.0 Å². The predicted octanol–water partition coefficient (Wildman–Crippen LogP) is 5.82. The third-order valence-corrected chi connectivity index (χ3v) is 5.72. The first-order valence-corrected chi connectivity index (χ1v) is 10.5. The maximum Gasteiger partial charge on any atom is 0.162 e. The Kier molecular flexibility index (Phi) is 6.16. The van der Waals surface area contributed by atoms with E-state index >= 15 is 0 Å². The molecule has 1 saturated heterocycles. The van der Waals surface area contributed by atoms with Crippen LogP contribution in [0.4, 0.5) is 4.39 Å². The van der Waals surface area contributed by atoms with Crippen molar-refractivity contribution in [3.63, 3.8) is 0 Å². The van der Waals surface area contributed by atoms with Crippen molar-refractivity contribution in [2.24, 2.45) is 0 Å². The lowest BCUT2D eigenvalue weighted by Gasteiger charge is -2.46. The van der Waals surface area contributed by atoms with E-state index in [-0.39, 0.29) is 18.5 Å². The van der Waals surface area contributed by atoms with Gasteiger partial charge in [-0.25, -0.2) is 4.39 Å². The molecule has 3 nitrogen and oxygen atoms in total. The molecule has 1 fully saturated rings. The highest BCUT2D eigenvalue weighted by Gasteiger charge is 2.37. The zero-order valence-corrected chi connectivity index (χ0v) is 17.8. The molecule has 2 atom stereocenters. The van der Waals surface area contributed by atoms with Crippen LogP contribution in [0.3, 0.4) is 0 Å². The summed E-state index contributed by atoms with van der Waals surface area (Å²) in [7, 11) is 0. The van der Waals surface area contributed by atoms with Gasteiger partial charge in [0.25, 0.3) is 0 Å². The Balaban J connectivity index is 1.39. The minimum atomic E-state index is -0.264. The summed E-state index contributed by atoms with van der Waals surface area (Å²) in [5.74, 6) is 1.10. The van der Waals surface area contributed by atoms with E-state index < -0.39 is 0 Å². The first kappa shape index (κ1) is 19.9.